The van der Waals surface area contributed by atoms with Crippen molar-refractivity contribution < 1.29 is 18.7 Å². The van der Waals surface area contributed by atoms with Gasteiger partial charge in [-0.25, -0.2) is 9.59 Å². The molecule has 1 aromatic carbocycles. The molecule has 144 valence electrons. The minimum Gasteiger partial charge on any atom is -0.462 e. The fourth-order valence-electron chi connectivity index (χ4n) is 3.10. The van der Waals surface area contributed by atoms with Gasteiger partial charge in [0.1, 0.15) is 16.1 Å². The lowest BCUT2D eigenvalue weighted by Gasteiger charge is -2.12. The Bertz CT molecular complexity index is 1130. The lowest BCUT2D eigenvalue weighted by atomic mass is 10.1. The highest BCUT2D eigenvalue weighted by molar-refractivity contribution is 8.01. The van der Waals surface area contributed by atoms with Gasteiger partial charge < -0.3 is 14.5 Å². The van der Waals surface area contributed by atoms with Gasteiger partial charge in [-0.1, -0.05) is 18.2 Å². The molecule has 1 aliphatic rings. The molecule has 0 spiro atoms. The van der Waals surface area contributed by atoms with E-state index in [1.807, 2.05) is 0 Å². The van der Waals surface area contributed by atoms with E-state index in [0.717, 1.165) is 28.4 Å². The predicted octanol–water partition coefficient (Wildman–Crippen LogP) is 4.32. The van der Waals surface area contributed by atoms with Crippen molar-refractivity contribution >= 4 is 50.9 Å². The number of hydrogen-bond donors (Lipinski definition) is 1. The van der Waals surface area contributed by atoms with Crippen molar-refractivity contribution in [3.05, 3.63) is 57.4 Å². The molecule has 0 unspecified atom stereocenters. The number of carbonyl (C=O) groups is 2. The van der Waals surface area contributed by atoms with Crippen molar-refractivity contribution in [2.24, 2.45) is 0 Å². The van der Waals surface area contributed by atoms with Gasteiger partial charge in [0, 0.05) is 5.39 Å². The molecule has 0 radical (unpaired) electrons. The van der Waals surface area contributed by atoms with Gasteiger partial charge in [0.2, 0.25) is 0 Å². The predicted molar refractivity (Wildman–Crippen MR) is 110 cm³/mol. The third kappa shape index (κ3) is 3.45. The number of thiophene rings is 1. The molecule has 8 heteroatoms. The van der Waals surface area contributed by atoms with Gasteiger partial charge in [0.15, 0.2) is 0 Å². The Labute approximate surface area is 168 Å². The summed E-state index contributed by atoms with van der Waals surface area (Å²) in [5.74, 6) is -0.0887. The van der Waals surface area contributed by atoms with Crippen LogP contribution in [-0.2, 0) is 11.2 Å². The van der Waals surface area contributed by atoms with Crippen LogP contribution in [0.5, 0.6) is 0 Å². The fourth-order valence-corrected chi connectivity index (χ4v) is 5.65. The molecule has 28 heavy (non-hydrogen) atoms. The number of benzene rings is 1. The van der Waals surface area contributed by atoms with E-state index in [4.69, 9.17) is 9.15 Å². The Morgan fingerprint density at radius 1 is 1.29 bits per heavy atom. The molecular weight excluding hydrogens is 398 g/mol. The minimum atomic E-state index is -0.718. The number of fused-ring (bicyclic) bond motifs is 2. The second-order valence-electron chi connectivity index (χ2n) is 6.18. The average Bonchev–Trinajstić information content (AvgIpc) is 3.05. The molecule has 0 saturated carbocycles. The Kier molecular flexibility index (Phi) is 5.23. The number of amides is 1. The van der Waals surface area contributed by atoms with E-state index in [1.54, 1.807) is 43.0 Å². The SMILES string of the molecule is CCOC(=O)c1c(NC(=O)c2cc3ccccc3oc2=O)sc2c1CCCS2. The summed E-state index contributed by atoms with van der Waals surface area (Å²) in [4.78, 5) is 37.6. The number of anilines is 1. The molecule has 1 aliphatic heterocycles. The van der Waals surface area contributed by atoms with Crippen LogP contribution in [-0.4, -0.2) is 24.2 Å². The first-order chi connectivity index (χ1) is 13.6. The number of rotatable bonds is 4. The van der Waals surface area contributed by atoms with Crippen LogP contribution in [0.1, 0.15) is 39.6 Å². The topological polar surface area (TPSA) is 85.6 Å². The molecule has 1 amide bonds. The molecule has 6 nitrogen and oxygen atoms in total. The molecular formula is C20H17NO5S2. The summed E-state index contributed by atoms with van der Waals surface area (Å²) >= 11 is 3.01. The first kappa shape index (κ1) is 18.8. The summed E-state index contributed by atoms with van der Waals surface area (Å²) < 4.78 is 11.4. The number of thioether (sulfide) groups is 1. The van der Waals surface area contributed by atoms with E-state index in [1.165, 1.54) is 17.4 Å². The molecule has 0 saturated heterocycles. The maximum atomic E-state index is 12.8. The van der Waals surface area contributed by atoms with E-state index in [2.05, 4.69) is 5.32 Å². The van der Waals surface area contributed by atoms with Crippen molar-refractivity contribution in [3.8, 4) is 0 Å². The molecule has 3 aromatic rings. The summed E-state index contributed by atoms with van der Waals surface area (Å²) in [6.45, 7) is 1.99. The minimum absolute atomic E-state index is 0.104. The van der Waals surface area contributed by atoms with Crippen LogP contribution in [0, 0.1) is 0 Å². The van der Waals surface area contributed by atoms with Gasteiger partial charge >= 0.3 is 11.6 Å². The molecule has 4 rings (SSSR count). The molecule has 0 atom stereocenters. The smallest absolute Gasteiger partial charge is 0.349 e. The molecule has 2 aromatic heterocycles. The Morgan fingerprint density at radius 3 is 2.93 bits per heavy atom. The van der Waals surface area contributed by atoms with Crippen molar-refractivity contribution in [1.29, 1.82) is 0 Å². The van der Waals surface area contributed by atoms with Gasteiger partial charge in [-0.3, -0.25) is 4.79 Å². The normalized spacial score (nSPS) is 13.2. The Balaban J connectivity index is 1.72. The summed E-state index contributed by atoms with van der Waals surface area (Å²) in [6.07, 6.45) is 1.73. The van der Waals surface area contributed by atoms with E-state index in [0.29, 0.717) is 21.5 Å². The van der Waals surface area contributed by atoms with E-state index in [9.17, 15) is 14.4 Å². The second kappa shape index (κ2) is 7.81. The second-order valence-corrected chi connectivity index (χ2v) is 8.57. The largest absolute Gasteiger partial charge is 0.462 e. The van der Waals surface area contributed by atoms with Crippen LogP contribution in [0.2, 0.25) is 0 Å². The number of nitrogens with one attached hydrogen (secondary N) is 1. The lowest BCUT2D eigenvalue weighted by molar-refractivity contribution is 0.0526. The van der Waals surface area contributed by atoms with Gasteiger partial charge in [-0.05, 0) is 43.2 Å². The zero-order valence-corrected chi connectivity index (χ0v) is 16.7. The number of carbonyl (C=O) groups excluding carboxylic acids is 2. The molecule has 0 fully saturated rings. The monoisotopic (exact) mass is 415 g/mol. The number of ether oxygens (including phenoxy) is 1. The highest BCUT2D eigenvalue weighted by Gasteiger charge is 2.28. The van der Waals surface area contributed by atoms with Crippen LogP contribution in [0.25, 0.3) is 11.0 Å². The van der Waals surface area contributed by atoms with Crippen molar-refractivity contribution in [2.75, 3.05) is 17.7 Å². The van der Waals surface area contributed by atoms with Crippen molar-refractivity contribution in [1.82, 2.24) is 0 Å². The zero-order chi connectivity index (χ0) is 19.7. The third-order valence-corrected chi connectivity index (χ3v) is 6.91. The third-order valence-electron chi connectivity index (χ3n) is 4.37. The summed E-state index contributed by atoms with van der Waals surface area (Å²) in [5, 5.41) is 3.80. The summed E-state index contributed by atoms with van der Waals surface area (Å²) in [7, 11) is 0. The highest BCUT2D eigenvalue weighted by Crippen LogP contribution is 2.44. The average molecular weight is 415 g/mol. The summed E-state index contributed by atoms with van der Waals surface area (Å²) in [6, 6.07) is 8.49. The number of para-hydroxylation sites is 1. The first-order valence-corrected chi connectivity index (χ1v) is 10.7. The summed E-state index contributed by atoms with van der Waals surface area (Å²) in [5.41, 5.74) is 0.907. The van der Waals surface area contributed by atoms with Crippen LogP contribution in [0.15, 0.2) is 43.8 Å². The van der Waals surface area contributed by atoms with Crippen LogP contribution < -0.4 is 10.9 Å². The molecule has 0 bridgehead atoms. The van der Waals surface area contributed by atoms with Crippen molar-refractivity contribution in [3.63, 3.8) is 0 Å². The molecule has 0 aliphatic carbocycles. The maximum absolute atomic E-state index is 12.8. The van der Waals surface area contributed by atoms with Crippen LogP contribution in [0.3, 0.4) is 0 Å². The lowest BCUT2D eigenvalue weighted by Crippen LogP contribution is -2.21. The number of esters is 1. The van der Waals surface area contributed by atoms with E-state index >= 15 is 0 Å². The number of hydrogen-bond acceptors (Lipinski definition) is 7. The van der Waals surface area contributed by atoms with Crippen molar-refractivity contribution in [2.45, 2.75) is 24.0 Å². The molecule has 3 heterocycles. The standard InChI is InChI=1S/C20H17NO5S2/c1-2-25-19(24)15-12-7-5-9-27-20(12)28-17(15)21-16(22)13-10-11-6-3-4-8-14(11)26-18(13)23/h3-4,6,8,10H,2,5,7,9H2,1H3,(H,21,22). The Morgan fingerprint density at radius 2 is 2.11 bits per heavy atom. The van der Waals surface area contributed by atoms with Gasteiger partial charge in [-0.15, -0.1) is 23.1 Å². The molecule has 1 N–H and O–H groups in total. The van der Waals surface area contributed by atoms with E-state index < -0.39 is 17.5 Å². The van der Waals surface area contributed by atoms with Crippen LogP contribution in [0.4, 0.5) is 5.00 Å². The first-order valence-electron chi connectivity index (χ1n) is 8.88. The fraction of sp³-hybridized carbons (Fsp3) is 0.250. The highest BCUT2D eigenvalue weighted by atomic mass is 32.2. The van der Waals surface area contributed by atoms with Gasteiger partial charge in [0.25, 0.3) is 5.91 Å². The zero-order valence-electron chi connectivity index (χ0n) is 15.1. The van der Waals surface area contributed by atoms with Gasteiger partial charge in [-0.2, -0.15) is 0 Å². The van der Waals surface area contributed by atoms with Crippen LogP contribution >= 0.6 is 23.1 Å². The van der Waals surface area contributed by atoms with E-state index in [-0.39, 0.29) is 12.2 Å². The quantitative estimate of drug-likeness (QED) is 0.504. The maximum Gasteiger partial charge on any atom is 0.349 e. The van der Waals surface area contributed by atoms with Gasteiger partial charge in [0.05, 0.1) is 16.4 Å². The Hall–Kier alpha value is -2.58.